The first-order valence-electron chi connectivity index (χ1n) is 26.7. The van der Waals surface area contributed by atoms with Gasteiger partial charge in [-0.25, -0.2) is 0 Å². The van der Waals surface area contributed by atoms with Crippen molar-refractivity contribution in [1.29, 1.82) is 0 Å². The Morgan fingerprint density at radius 2 is 0.364 bits per heavy atom. The largest absolute Gasteiger partial charge is 0.822 e. The summed E-state index contributed by atoms with van der Waals surface area (Å²) in [5, 5.41) is 13.4. The normalized spacial score (nSPS) is 11.5. The molecule has 0 aliphatic carbocycles. The Labute approximate surface area is 464 Å². The molecule has 0 unspecified atom stereocenters. The summed E-state index contributed by atoms with van der Waals surface area (Å²) in [6.07, 6.45) is 3.43. The van der Waals surface area contributed by atoms with Crippen LogP contribution in [0.2, 0.25) is 0 Å². The van der Waals surface area contributed by atoms with Crippen molar-refractivity contribution in [3.8, 4) is 0 Å². The lowest BCUT2D eigenvalue weighted by molar-refractivity contribution is -0.432. The molecule has 0 radical (unpaired) electrons. The third-order valence-corrected chi connectivity index (χ3v) is 27.7. The van der Waals surface area contributed by atoms with E-state index in [2.05, 4.69) is 301 Å². The van der Waals surface area contributed by atoms with E-state index in [0.29, 0.717) is 0 Å². The van der Waals surface area contributed by atoms with E-state index in [1.807, 2.05) is 0 Å². The second-order valence-corrected chi connectivity index (χ2v) is 32.7. The van der Waals surface area contributed by atoms with Crippen LogP contribution in [-0.2, 0) is 4.57 Å². The Balaban J connectivity index is 0.000000179. The zero-order chi connectivity index (χ0) is 56.0. The minimum absolute atomic E-state index is 1.14. The maximum Gasteiger partial charge on any atom is 0.111 e. The fourth-order valence-corrected chi connectivity index (χ4v) is 23.6. The van der Waals surface area contributed by atoms with Gasteiger partial charge in [0.2, 0.25) is 0 Å². The van der Waals surface area contributed by atoms with Crippen molar-refractivity contribution in [2.45, 2.75) is 83.1 Å². The molecule has 0 aliphatic rings. The molecule has 398 valence electrons. The van der Waals surface area contributed by atoms with Crippen LogP contribution in [-0.4, -0.2) is 18.5 Å². The smallest absolute Gasteiger partial charge is 0.111 e. The van der Waals surface area contributed by atoms with Gasteiger partial charge in [-0.15, -0.1) is 0 Å². The van der Waals surface area contributed by atoms with Gasteiger partial charge in [0.1, 0.15) is 69.5 Å². The Bertz CT molecular complexity index is 2750. The van der Waals surface area contributed by atoms with Gasteiger partial charge in [0.05, 0.1) is 18.5 Å². The second kappa shape index (κ2) is 27.3. The van der Waals surface area contributed by atoms with E-state index < -0.39 is 29.6 Å². The van der Waals surface area contributed by atoms with Crippen molar-refractivity contribution in [2.75, 3.05) is 18.5 Å². The van der Waals surface area contributed by atoms with E-state index in [9.17, 15) is 0 Å². The zero-order valence-electron chi connectivity index (χ0n) is 47.3. The molecule has 0 amide bonds. The molecule has 0 N–H and O–H groups in total. The van der Waals surface area contributed by atoms with Crippen molar-refractivity contribution < 1.29 is 19.2 Å². The minimum Gasteiger partial charge on any atom is -0.822 e. The van der Waals surface area contributed by atoms with E-state index in [1.54, 1.807) is 0 Å². The molecule has 0 aliphatic heterocycles. The topological polar surface area (TPSA) is 86.2 Å². The molecule has 0 saturated carbocycles. The van der Waals surface area contributed by atoms with Crippen LogP contribution in [0.3, 0.4) is 0 Å². The summed E-state index contributed by atoms with van der Waals surface area (Å²) < 4.78 is 8.55. The molecule has 9 rings (SSSR count). The molecule has 8 heteroatoms. The average molecular weight is 1100 g/mol. The number of benzene rings is 9. The summed E-state index contributed by atoms with van der Waals surface area (Å²) in [5.74, 6) is 0. The van der Waals surface area contributed by atoms with E-state index in [1.165, 1.54) is 97.8 Å². The predicted molar refractivity (Wildman–Crippen MR) is 337 cm³/mol. The minimum atomic E-state index is -5.39. The molecule has 0 heterocycles. The SMILES string of the molecule is CC[P+](c1cccc(C)c1)(c1cccc(C)c1)c1cccc(C)c1.CC[P+](c1cccc(C)c1)(c1cccc(C)c1)c1cccc(C)c1.CC[P+](c1cccc(C)c1)(c1cccc(C)c1)c1cccc(C)c1.O=P([O-])([O-])[O-]. The van der Waals surface area contributed by atoms with Crippen LogP contribution in [0.4, 0.5) is 0 Å². The van der Waals surface area contributed by atoms with Crippen LogP contribution in [0, 0.1) is 62.3 Å². The van der Waals surface area contributed by atoms with Gasteiger partial charge in [-0.1, -0.05) is 109 Å². The zero-order valence-corrected chi connectivity index (χ0v) is 50.9. The van der Waals surface area contributed by atoms with Crippen LogP contribution < -0.4 is 62.4 Å². The highest BCUT2D eigenvalue weighted by atomic mass is 31.2. The van der Waals surface area contributed by atoms with Crippen LogP contribution in [0.15, 0.2) is 218 Å². The summed E-state index contributed by atoms with van der Waals surface area (Å²) in [4.78, 5) is 25.6. The predicted octanol–water partition coefficient (Wildman–Crippen LogP) is 12.0. The van der Waals surface area contributed by atoms with E-state index in [0.717, 1.165) is 18.5 Å². The Morgan fingerprint density at radius 3 is 0.442 bits per heavy atom. The lowest BCUT2D eigenvalue weighted by Gasteiger charge is -2.36. The monoisotopic (exact) mass is 1090 g/mol. The Morgan fingerprint density at radius 1 is 0.260 bits per heavy atom. The molecule has 0 bridgehead atoms. The third kappa shape index (κ3) is 15.2. The first kappa shape index (κ1) is 60.6. The molecule has 0 fully saturated rings. The number of rotatable bonds is 12. The molecule has 9 aromatic rings. The second-order valence-electron chi connectivity index (χ2n) is 20.4. The number of hydrogen-bond acceptors (Lipinski definition) is 4. The fraction of sp³-hybridized carbons (Fsp3) is 0.217. The van der Waals surface area contributed by atoms with Crippen LogP contribution in [0.25, 0.3) is 0 Å². The van der Waals surface area contributed by atoms with Crippen molar-refractivity contribution in [2.24, 2.45) is 0 Å². The van der Waals surface area contributed by atoms with Crippen molar-refractivity contribution in [3.63, 3.8) is 0 Å². The molecule has 0 spiro atoms. The maximum absolute atomic E-state index is 8.55. The fourth-order valence-electron chi connectivity index (χ4n) is 10.8. The van der Waals surface area contributed by atoms with Crippen molar-refractivity contribution in [1.82, 2.24) is 0 Å². The molecule has 0 saturated heterocycles. The van der Waals surface area contributed by atoms with E-state index in [4.69, 9.17) is 19.2 Å². The summed E-state index contributed by atoms with van der Waals surface area (Å²) in [7, 11) is -10.2. The van der Waals surface area contributed by atoms with Gasteiger partial charge < -0.3 is 19.2 Å². The van der Waals surface area contributed by atoms with Crippen LogP contribution in [0.1, 0.15) is 70.8 Å². The van der Waals surface area contributed by atoms with Crippen LogP contribution >= 0.6 is 29.6 Å². The summed E-state index contributed by atoms with van der Waals surface area (Å²) >= 11 is 0. The highest BCUT2D eigenvalue weighted by Gasteiger charge is 2.46. The van der Waals surface area contributed by atoms with E-state index >= 15 is 0 Å². The number of aryl methyl sites for hydroxylation is 9. The van der Waals surface area contributed by atoms with Gasteiger partial charge in [-0.2, -0.15) is 7.82 Å². The molecule has 77 heavy (non-hydrogen) atoms. The highest BCUT2D eigenvalue weighted by Crippen LogP contribution is 2.57. The van der Waals surface area contributed by atoms with Crippen molar-refractivity contribution in [3.05, 3.63) is 268 Å². The van der Waals surface area contributed by atoms with Gasteiger partial charge in [-0.05, 0) is 242 Å². The Hall–Kier alpha value is -5.62. The molecule has 4 nitrogen and oxygen atoms in total. The Kier molecular flexibility index (Phi) is 21.5. The van der Waals surface area contributed by atoms with Crippen molar-refractivity contribution >= 4 is 77.4 Å². The average Bonchev–Trinajstić information content (AvgIpc) is 3.42. The van der Waals surface area contributed by atoms with Gasteiger partial charge in [-0.3, -0.25) is 0 Å². The molecule has 9 aromatic carbocycles. The summed E-state index contributed by atoms with van der Waals surface area (Å²) in [6, 6.07) is 82.1. The number of phosphoric acid groups is 1. The lowest BCUT2D eigenvalue weighted by Crippen LogP contribution is -2.33. The molecular weight excluding hydrogens is 1020 g/mol. The molecule has 0 atom stereocenters. The summed E-state index contributed by atoms with van der Waals surface area (Å²) in [6.45, 7) is 26.8. The third-order valence-electron chi connectivity index (χ3n) is 14.4. The van der Waals surface area contributed by atoms with Crippen LogP contribution in [0.5, 0.6) is 0 Å². The van der Waals surface area contributed by atoms with E-state index in [-0.39, 0.29) is 0 Å². The van der Waals surface area contributed by atoms with Gasteiger partial charge >= 0.3 is 0 Å². The molecular formula is C69H78O4P4. The maximum atomic E-state index is 8.55. The lowest BCUT2D eigenvalue weighted by atomic mass is 10.2. The summed E-state index contributed by atoms with van der Waals surface area (Å²) in [5.41, 5.74) is 12.0. The first-order chi connectivity index (χ1) is 36.7. The standard InChI is InChI=1S/3C23H26P.H3O4P/c3*1-5-24(21-12-6-9-18(2)15-21,22-13-7-10-19(3)16-22)23-14-8-11-20(4)17-23;1-5(2,3)4/h3*6-17H,5H2,1-4H3;(H3,1,2,3,4)/q3*+1;/p-3. The molecule has 0 aromatic heterocycles. The van der Waals surface area contributed by atoms with Gasteiger partial charge in [0, 0.05) is 0 Å². The highest BCUT2D eigenvalue weighted by molar-refractivity contribution is 7.96. The first-order valence-corrected chi connectivity index (χ1v) is 34.1. The number of hydrogen-bond donors (Lipinski definition) is 0. The quantitative estimate of drug-likeness (QED) is 0.114. The van der Waals surface area contributed by atoms with Gasteiger partial charge in [0.25, 0.3) is 0 Å². The van der Waals surface area contributed by atoms with Gasteiger partial charge in [0.15, 0.2) is 0 Å².